The number of carboxylic acid groups (broad SMARTS) is 3. The summed E-state index contributed by atoms with van der Waals surface area (Å²) in [5.74, 6) is -4.40. The first-order valence-electron chi connectivity index (χ1n) is 6.93. The monoisotopic (exact) mass is 310 g/mol. The molecule has 0 saturated heterocycles. The van der Waals surface area contributed by atoms with Crippen LogP contribution in [0, 0.1) is 5.92 Å². The topological polar surface area (TPSA) is 112 Å². The second-order valence-corrected chi connectivity index (χ2v) is 5.03. The molecule has 0 radical (unpaired) electrons. The van der Waals surface area contributed by atoms with E-state index in [9.17, 15) is 19.5 Å². The van der Waals surface area contributed by atoms with Gasteiger partial charge in [-0.05, 0) is 31.4 Å². The Morgan fingerprint density at radius 2 is 1.64 bits per heavy atom. The van der Waals surface area contributed by atoms with E-state index in [1.807, 2.05) is 6.92 Å². The highest BCUT2D eigenvalue weighted by molar-refractivity contribution is 5.96. The molecule has 0 aliphatic heterocycles. The number of aliphatic carboxylic acids is 3. The lowest BCUT2D eigenvalue weighted by Crippen LogP contribution is -2.16. The number of hydrogen-bond donors (Lipinski definition) is 3. The Morgan fingerprint density at radius 1 is 1.09 bits per heavy atom. The van der Waals surface area contributed by atoms with Crippen LogP contribution >= 0.6 is 0 Å². The van der Waals surface area contributed by atoms with Crippen molar-refractivity contribution in [1.29, 1.82) is 0 Å². The largest absolute Gasteiger partial charge is 0.478 e. The predicted octanol–water partition coefficient (Wildman–Crippen LogP) is 2.87. The normalized spacial score (nSPS) is 14.0. The molecule has 0 amide bonds. The Bertz CT molecular complexity index is 539. The van der Waals surface area contributed by atoms with Gasteiger partial charge in [0.15, 0.2) is 0 Å². The second-order valence-electron chi connectivity index (χ2n) is 5.03. The van der Waals surface area contributed by atoms with Gasteiger partial charge < -0.3 is 15.3 Å². The average Bonchev–Trinajstić information content (AvgIpc) is 2.44. The third-order valence-electron chi connectivity index (χ3n) is 3.39. The van der Waals surface area contributed by atoms with Crippen molar-refractivity contribution in [3.05, 3.63) is 34.9 Å². The van der Waals surface area contributed by atoms with Crippen molar-refractivity contribution >= 4 is 17.9 Å². The van der Waals surface area contributed by atoms with E-state index in [1.54, 1.807) is 6.92 Å². The van der Waals surface area contributed by atoms with Crippen LogP contribution in [0.25, 0.3) is 0 Å². The molecule has 0 bridgehead atoms. The Hall–Kier alpha value is -2.37. The van der Waals surface area contributed by atoms with E-state index in [-0.39, 0.29) is 16.7 Å². The summed E-state index contributed by atoms with van der Waals surface area (Å²) in [6.45, 7) is 8.25. The zero-order chi connectivity index (χ0) is 17.4. The van der Waals surface area contributed by atoms with Gasteiger partial charge in [0.25, 0.3) is 0 Å². The van der Waals surface area contributed by atoms with Crippen LogP contribution < -0.4 is 0 Å². The van der Waals surface area contributed by atoms with Gasteiger partial charge in [-0.25, -0.2) is 14.4 Å². The van der Waals surface area contributed by atoms with Crippen LogP contribution in [0.1, 0.15) is 40.0 Å². The first kappa shape index (κ1) is 19.6. The number of carbonyl (C=O) groups is 3. The summed E-state index contributed by atoms with van der Waals surface area (Å²) in [6, 6.07) is 0. The smallest absolute Gasteiger partial charge is 0.335 e. The van der Waals surface area contributed by atoms with Gasteiger partial charge in [-0.3, -0.25) is 0 Å². The summed E-state index contributed by atoms with van der Waals surface area (Å²) in [6.07, 6.45) is 2.91. The van der Waals surface area contributed by atoms with Crippen molar-refractivity contribution in [3.8, 4) is 0 Å². The predicted molar refractivity (Wildman–Crippen MR) is 81.5 cm³/mol. The second kappa shape index (κ2) is 8.81. The van der Waals surface area contributed by atoms with Gasteiger partial charge in [-0.2, -0.15) is 0 Å². The van der Waals surface area contributed by atoms with Crippen LogP contribution in [0.2, 0.25) is 0 Å². The SMILES string of the molecule is C=C(C(=O)O)C(C)C(CCCC)=C(C=C(C)C(=O)O)C(=O)O. The Labute approximate surface area is 129 Å². The van der Waals surface area contributed by atoms with Gasteiger partial charge in [-0.15, -0.1) is 0 Å². The van der Waals surface area contributed by atoms with Crippen molar-refractivity contribution in [3.63, 3.8) is 0 Å². The maximum atomic E-state index is 11.5. The van der Waals surface area contributed by atoms with Crippen LogP contribution in [0.15, 0.2) is 34.9 Å². The molecule has 0 aromatic heterocycles. The van der Waals surface area contributed by atoms with Crippen molar-refractivity contribution in [2.24, 2.45) is 5.92 Å². The van der Waals surface area contributed by atoms with Crippen molar-refractivity contribution < 1.29 is 29.7 Å². The van der Waals surface area contributed by atoms with Crippen LogP contribution in [-0.2, 0) is 14.4 Å². The number of unbranched alkanes of at least 4 members (excludes halogenated alkanes) is 1. The molecular formula is C16H22O6. The lowest BCUT2D eigenvalue weighted by molar-refractivity contribution is -0.134. The molecule has 3 N–H and O–H groups in total. The zero-order valence-electron chi connectivity index (χ0n) is 13.0. The molecule has 0 spiro atoms. The number of carboxylic acids is 3. The lowest BCUT2D eigenvalue weighted by atomic mass is 9.86. The highest BCUT2D eigenvalue weighted by Gasteiger charge is 2.23. The fraction of sp³-hybridized carbons (Fsp3) is 0.438. The molecule has 0 saturated carbocycles. The van der Waals surface area contributed by atoms with Gasteiger partial charge in [0, 0.05) is 17.1 Å². The molecule has 0 heterocycles. The number of allylic oxidation sites excluding steroid dienone is 1. The maximum Gasteiger partial charge on any atom is 0.335 e. The van der Waals surface area contributed by atoms with Crippen LogP contribution in [0.5, 0.6) is 0 Å². The fourth-order valence-electron chi connectivity index (χ4n) is 1.92. The van der Waals surface area contributed by atoms with Gasteiger partial charge in [0.05, 0.1) is 5.57 Å². The third-order valence-corrected chi connectivity index (χ3v) is 3.39. The van der Waals surface area contributed by atoms with Gasteiger partial charge >= 0.3 is 17.9 Å². The van der Waals surface area contributed by atoms with Crippen LogP contribution in [-0.4, -0.2) is 33.2 Å². The van der Waals surface area contributed by atoms with E-state index in [4.69, 9.17) is 10.2 Å². The first-order chi connectivity index (χ1) is 10.1. The first-order valence-corrected chi connectivity index (χ1v) is 6.93. The molecule has 0 aromatic carbocycles. The summed E-state index contributed by atoms with van der Waals surface area (Å²) in [5.41, 5.74) is -0.0450. The zero-order valence-corrected chi connectivity index (χ0v) is 13.0. The van der Waals surface area contributed by atoms with Gasteiger partial charge in [0.1, 0.15) is 0 Å². The molecule has 0 rings (SSSR count). The van der Waals surface area contributed by atoms with Crippen molar-refractivity contribution in [2.45, 2.75) is 40.0 Å². The quantitative estimate of drug-likeness (QED) is 0.446. The average molecular weight is 310 g/mol. The fourth-order valence-corrected chi connectivity index (χ4v) is 1.92. The molecule has 22 heavy (non-hydrogen) atoms. The van der Waals surface area contributed by atoms with E-state index in [0.29, 0.717) is 18.4 Å². The summed E-state index contributed by atoms with van der Waals surface area (Å²) in [5, 5.41) is 27.3. The van der Waals surface area contributed by atoms with Crippen molar-refractivity contribution in [2.75, 3.05) is 0 Å². The molecule has 0 aliphatic rings. The van der Waals surface area contributed by atoms with Crippen LogP contribution in [0.3, 0.4) is 0 Å². The standard InChI is InChI=1S/C16H22O6/c1-5-6-7-12(10(3)11(4)15(19)20)13(16(21)22)8-9(2)14(17)18/h8,10H,4-7H2,1-3H3,(H,17,18)(H,19,20)(H,21,22). The molecule has 1 unspecified atom stereocenters. The Kier molecular flexibility index (Phi) is 7.87. The molecule has 0 aliphatic carbocycles. The van der Waals surface area contributed by atoms with Crippen LogP contribution in [0.4, 0.5) is 0 Å². The minimum absolute atomic E-state index is 0.119. The molecule has 6 heteroatoms. The van der Waals surface area contributed by atoms with Gasteiger partial charge in [0.2, 0.25) is 0 Å². The maximum absolute atomic E-state index is 11.5. The van der Waals surface area contributed by atoms with E-state index in [2.05, 4.69) is 6.58 Å². The van der Waals surface area contributed by atoms with E-state index in [1.165, 1.54) is 6.92 Å². The molecule has 122 valence electrons. The summed E-state index contributed by atoms with van der Waals surface area (Å²) >= 11 is 0. The molecule has 0 aromatic rings. The minimum atomic E-state index is -1.28. The number of rotatable bonds is 9. The highest BCUT2D eigenvalue weighted by Crippen LogP contribution is 2.28. The molecule has 1 atom stereocenters. The molecule has 0 fully saturated rings. The molecular weight excluding hydrogens is 288 g/mol. The van der Waals surface area contributed by atoms with Crippen molar-refractivity contribution in [1.82, 2.24) is 0 Å². The van der Waals surface area contributed by atoms with E-state index in [0.717, 1.165) is 12.5 Å². The highest BCUT2D eigenvalue weighted by atomic mass is 16.4. The van der Waals surface area contributed by atoms with Gasteiger partial charge in [-0.1, -0.05) is 26.8 Å². The Balaban J connectivity index is 6.07. The minimum Gasteiger partial charge on any atom is -0.478 e. The van der Waals surface area contributed by atoms with E-state index < -0.39 is 23.8 Å². The lowest BCUT2D eigenvalue weighted by Gasteiger charge is -2.18. The summed E-state index contributed by atoms with van der Waals surface area (Å²) < 4.78 is 0. The van der Waals surface area contributed by atoms with E-state index >= 15 is 0 Å². The number of hydrogen-bond acceptors (Lipinski definition) is 3. The third kappa shape index (κ3) is 5.55. The molecule has 6 nitrogen and oxygen atoms in total. The Morgan fingerprint density at radius 3 is 2.00 bits per heavy atom. The summed E-state index contributed by atoms with van der Waals surface area (Å²) in [4.78, 5) is 33.5. The summed E-state index contributed by atoms with van der Waals surface area (Å²) in [7, 11) is 0.